The van der Waals surface area contributed by atoms with Crippen molar-refractivity contribution in [2.75, 3.05) is 4.90 Å². The van der Waals surface area contributed by atoms with Crippen LogP contribution < -0.4 is 4.90 Å². The molecule has 0 fully saturated rings. The number of nitrogens with zero attached hydrogens (tertiary/aromatic N) is 3. The minimum Gasteiger partial charge on any atom is -0.337 e. The van der Waals surface area contributed by atoms with Crippen LogP contribution in [-0.2, 0) is 13.1 Å². The molecule has 5 aromatic carbocycles. The van der Waals surface area contributed by atoms with E-state index in [1.54, 1.807) is 0 Å². The van der Waals surface area contributed by atoms with Crippen molar-refractivity contribution < 1.29 is 0 Å². The van der Waals surface area contributed by atoms with Gasteiger partial charge in [0.25, 0.3) is 0 Å². The fourth-order valence-corrected chi connectivity index (χ4v) is 7.21. The summed E-state index contributed by atoms with van der Waals surface area (Å²) >= 11 is 0. The van der Waals surface area contributed by atoms with E-state index >= 15 is 0 Å². The Labute approximate surface area is 307 Å². The number of allylic oxidation sites excluding steroid dienone is 9. The summed E-state index contributed by atoms with van der Waals surface area (Å²) in [6.07, 6.45) is 21.5. The quantitative estimate of drug-likeness (QED) is 0.0916. The standard InChI is InChI=1S/C47H35N3.C2H6/c1-2-3-4-5-8-13-29-49-44-19-12-11-17-41(44)43-31-37(27-28-45(43)49)36-25-26-38-33-50(39-15-9-6-7-10-16-39)46-20-14-18-40(47(46)42(38)30-36)35-23-21-34(32-48)22-24-35;1-2/h2-4,6,8-28,30-31H,1,5,29,33H2;1-2H3/b4-3-,13-8-;. The van der Waals surface area contributed by atoms with Crippen molar-refractivity contribution >= 4 is 27.5 Å². The molecule has 3 heteroatoms. The van der Waals surface area contributed by atoms with Crippen molar-refractivity contribution in [3.05, 3.63) is 193 Å². The van der Waals surface area contributed by atoms with Crippen LogP contribution in [0, 0.1) is 11.3 Å². The van der Waals surface area contributed by atoms with E-state index in [0.29, 0.717) is 5.56 Å². The molecule has 0 amide bonds. The second-order valence-corrected chi connectivity index (χ2v) is 12.5. The summed E-state index contributed by atoms with van der Waals surface area (Å²) in [5, 5.41) is 12.0. The molecule has 1 aliphatic carbocycles. The average Bonchev–Trinajstić information content (AvgIpc) is 3.31. The lowest BCUT2D eigenvalue weighted by molar-refractivity contribution is 0.895. The highest BCUT2D eigenvalue weighted by Gasteiger charge is 2.27. The topological polar surface area (TPSA) is 32.0 Å². The molecule has 52 heavy (non-hydrogen) atoms. The van der Waals surface area contributed by atoms with Crippen LogP contribution in [0.5, 0.6) is 0 Å². The molecule has 0 N–H and O–H groups in total. The van der Waals surface area contributed by atoms with E-state index in [9.17, 15) is 5.26 Å². The summed E-state index contributed by atoms with van der Waals surface area (Å²) < 4.78 is 2.41. The van der Waals surface area contributed by atoms with E-state index in [4.69, 9.17) is 0 Å². The highest BCUT2D eigenvalue weighted by Crippen LogP contribution is 2.48. The Morgan fingerprint density at radius 2 is 1.56 bits per heavy atom. The molecule has 0 spiro atoms. The molecule has 0 atom stereocenters. The summed E-state index contributed by atoms with van der Waals surface area (Å²) in [6, 6.07) is 39.3. The van der Waals surface area contributed by atoms with Crippen LogP contribution in [-0.4, -0.2) is 4.57 Å². The van der Waals surface area contributed by atoms with Crippen molar-refractivity contribution in [1.29, 1.82) is 5.26 Å². The lowest BCUT2D eigenvalue weighted by Crippen LogP contribution is -2.25. The van der Waals surface area contributed by atoms with Gasteiger partial charge >= 0.3 is 0 Å². The first-order valence-electron chi connectivity index (χ1n) is 18.0. The first kappa shape index (κ1) is 33.9. The molecule has 0 unspecified atom stereocenters. The van der Waals surface area contributed by atoms with Crippen molar-refractivity contribution in [2.24, 2.45) is 0 Å². The Balaban J connectivity index is 0.00000207. The van der Waals surface area contributed by atoms with Crippen molar-refractivity contribution in [1.82, 2.24) is 4.57 Å². The van der Waals surface area contributed by atoms with Crippen LogP contribution in [0.2, 0.25) is 0 Å². The second kappa shape index (κ2) is 15.5. The van der Waals surface area contributed by atoms with Gasteiger partial charge in [-0.2, -0.15) is 5.26 Å². The Kier molecular flexibility index (Phi) is 10.1. The number of benzene rings is 5. The Bertz CT molecular complexity index is 2520. The molecule has 0 saturated heterocycles. The summed E-state index contributed by atoms with van der Waals surface area (Å²) in [6.45, 7) is 9.33. The highest BCUT2D eigenvalue weighted by molar-refractivity contribution is 6.09. The summed E-state index contributed by atoms with van der Waals surface area (Å²) in [5.41, 5.74) is 16.9. The fourth-order valence-electron chi connectivity index (χ4n) is 7.21. The van der Waals surface area contributed by atoms with E-state index < -0.39 is 0 Å². The number of rotatable bonds is 8. The largest absolute Gasteiger partial charge is 0.337 e. The molecule has 252 valence electrons. The van der Waals surface area contributed by atoms with Gasteiger partial charge in [-0.1, -0.05) is 118 Å². The number of anilines is 1. The van der Waals surface area contributed by atoms with Crippen molar-refractivity contribution in [3.8, 4) is 39.4 Å². The van der Waals surface area contributed by atoms with Gasteiger partial charge in [0.15, 0.2) is 0 Å². The molecular formula is C49H41N3. The zero-order valence-corrected chi connectivity index (χ0v) is 29.8. The molecule has 0 bridgehead atoms. The highest BCUT2D eigenvalue weighted by atomic mass is 15.1. The van der Waals surface area contributed by atoms with Gasteiger partial charge in [-0.05, 0) is 107 Å². The predicted octanol–water partition coefficient (Wildman–Crippen LogP) is 12.9. The zero-order valence-electron chi connectivity index (χ0n) is 29.8. The number of hydrogen-bond acceptors (Lipinski definition) is 2. The van der Waals surface area contributed by atoms with Gasteiger partial charge in [0.1, 0.15) is 0 Å². The molecule has 1 aromatic heterocycles. The Hall–Kier alpha value is -6.59. The van der Waals surface area contributed by atoms with Gasteiger partial charge in [0.05, 0.1) is 11.6 Å². The summed E-state index contributed by atoms with van der Waals surface area (Å²) in [5.74, 6) is 0. The Morgan fingerprint density at radius 1 is 0.769 bits per heavy atom. The van der Waals surface area contributed by atoms with Gasteiger partial charge in [0.2, 0.25) is 0 Å². The molecule has 6 aromatic rings. The molecule has 3 nitrogen and oxygen atoms in total. The molecule has 0 saturated carbocycles. The molecule has 8 rings (SSSR count). The minimum absolute atomic E-state index is 0.657. The third kappa shape index (κ3) is 6.52. The minimum atomic E-state index is 0.657. The number of hydrogen-bond donors (Lipinski definition) is 0. The SMILES string of the molecule is C=C/C=C\C/C=C\Cn1c2ccccc2c2cc(-c3ccc4c(c3)-c3c(-c5ccc(C#N)cc5)cccc3N(C3=CC=C=CC=C3)C4)ccc21.CC. The molecule has 0 radical (unpaired) electrons. The van der Waals surface area contributed by atoms with Gasteiger partial charge in [-0.15, -0.1) is 5.73 Å². The van der Waals surface area contributed by atoms with Gasteiger partial charge in [-0.3, -0.25) is 0 Å². The van der Waals surface area contributed by atoms with Gasteiger partial charge < -0.3 is 9.47 Å². The lowest BCUT2D eigenvalue weighted by atomic mass is 9.85. The van der Waals surface area contributed by atoms with E-state index in [2.05, 4.69) is 149 Å². The molecule has 1 aliphatic heterocycles. The van der Waals surface area contributed by atoms with Crippen molar-refractivity contribution in [3.63, 3.8) is 0 Å². The van der Waals surface area contributed by atoms with Crippen LogP contribution >= 0.6 is 0 Å². The maximum atomic E-state index is 9.47. The van der Waals surface area contributed by atoms with Gasteiger partial charge in [-0.25, -0.2) is 0 Å². The maximum absolute atomic E-state index is 9.47. The second-order valence-electron chi connectivity index (χ2n) is 12.5. The number of aromatic nitrogens is 1. The maximum Gasteiger partial charge on any atom is 0.0991 e. The van der Waals surface area contributed by atoms with E-state index in [0.717, 1.165) is 42.0 Å². The van der Waals surface area contributed by atoms with Crippen LogP contribution in [0.25, 0.3) is 55.2 Å². The number of para-hydroxylation sites is 1. The summed E-state index contributed by atoms with van der Waals surface area (Å²) in [4.78, 5) is 2.39. The van der Waals surface area contributed by atoms with Crippen LogP contribution in [0.3, 0.4) is 0 Å². The molecule has 2 heterocycles. The molecular weight excluding hydrogens is 631 g/mol. The van der Waals surface area contributed by atoms with Crippen LogP contribution in [0.15, 0.2) is 182 Å². The zero-order chi connectivity index (χ0) is 35.9. The van der Waals surface area contributed by atoms with Crippen LogP contribution in [0.1, 0.15) is 31.4 Å². The first-order valence-corrected chi connectivity index (χ1v) is 18.0. The summed E-state index contributed by atoms with van der Waals surface area (Å²) in [7, 11) is 0. The monoisotopic (exact) mass is 671 g/mol. The Morgan fingerprint density at radius 3 is 2.40 bits per heavy atom. The lowest BCUT2D eigenvalue weighted by Gasteiger charge is -2.35. The average molecular weight is 672 g/mol. The van der Waals surface area contributed by atoms with Crippen LogP contribution in [0.4, 0.5) is 5.69 Å². The van der Waals surface area contributed by atoms with E-state index in [1.165, 1.54) is 49.6 Å². The third-order valence-corrected chi connectivity index (χ3v) is 9.59. The number of nitriles is 1. The fraction of sp³-hybridized carbons (Fsp3) is 0.102. The number of fused-ring (bicyclic) bond motifs is 6. The smallest absolute Gasteiger partial charge is 0.0991 e. The van der Waals surface area contributed by atoms with Crippen molar-refractivity contribution in [2.45, 2.75) is 33.4 Å². The normalized spacial score (nSPS) is 13.1. The van der Waals surface area contributed by atoms with E-state index in [1.807, 2.05) is 56.4 Å². The molecule has 2 aliphatic rings. The first-order chi connectivity index (χ1) is 25.7. The van der Waals surface area contributed by atoms with E-state index in [-0.39, 0.29) is 0 Å². The van der Waals surface area contributed by atoms with Gasteiger partial charge in [0, 0.05) is 51.8 Å². The predicted molar refractivity (Wildman–Crippen MR) is 221 cm³/mol. The third-order valence-electron chi connectivity index (χ3n) is 9.59.